The summed E-state index contributed by atoms with van der Waals surface area (Å²) in [6.07, 6.45) is -0.810. The van der Waals surface area contributed by atoms with E-state index < -0.39 is 6.10 Å². The lowest BCUT2D eigenvalue weighted by molar-refractivity contribution is 0.0914. The van der Waals surface area contributed by atoms with Gasteiger partial charge in [-0.1, -0.05) is 35.9 Å². The molecule has 0 bridgehead atoms. The second-order valence-corrected chi connectivity index (χ2v) is 4.84. The first kappa shape index (κ1) is 15.1. The van der Waals surface area contributed by atoms with Gasteiger partial charge in [0.2, 0.25) is 0 Å². The molecule has 2 aromatic rings. The summed E-state index contributed by atoms with van der Waals surface area (Å²) in [5.74, 6) is 0.405. The van der Waals surface area contributed by atoms with Crippen LogP contribution in [0, 0.1) is 6.92 Å². The van der Waals surface area contributed by atoms with Crippen molar-refractivity contribution in [1.82, 2.24) is 5.32 Å². The van der Waals surface area contributed by atoms with E-state index >= 15 is 0 Å². The van der Waals surface area contributed by atoms with Gasteiger partial charge >= 0.3 is 0 Å². The summed E-state index contributed by atoms with van der Waals surface area (Å²) in [6, 6.07) is 14.5. The van der Waals surface area contributed by atoms with Gasteiger partial charge in [-0.2, -0.15) is 0 Å². The molecular weight excluding hydrogens is 266 g/mol. The zero-order valence-corrected chi connectivity index (χ0v) is 12.2. The number of aliphatic hydroxyl groups excluding tert-OH is 1. The summed E-state index contributed by atoms with van der Waals surface area (Å²) in [5.41, 5.74) is 2.26. The molecule has 1 unspecified atom stereocenters. The first-order valence-electron chi connectivity index (χ1n) is 6.77. The van der Waals surface area contributed by atoms with Gasteiger partial charge in [-0.05, 0) is 25.1 Å². The number of nitrogens with one attached hydrogen (secondary N) is 1. The van der Waals surface area contributed by atoms with Crippen LogP contribution in [-0.4, -0.2) is 24.7 Å². The molecule has 2 N–H and O–H groups in total. The van der Waals surface area contributed by atoms with Gasteiger partial charge < -0.3 is 15.2 Å². The van der Waals surface area contributed by atoms with Gasteiger partial charge in [0.25, 0.3) is 5.91 Å². The highest BCUT2D eigenvalue weighted by Crippen LogP contribution is 2.24. The maximum atomic E-state index is 12.0. The molecule has 1 atom stereocenters. The Morgan fingerprint density at radius 1 is 1.24 bits per heavy atom. The molecule has 0 saturated heterocycles. The van der Waals surface area contributed by atoms with Crippen LogP contribution in [0.1, 0.15) is 27.6 Å². The fourth-order valence-corrected chi connectivity index (χ4v) is 2.13. The van der Waals surface area contributed by atoms with Gasteiger partial charge in [0.05, 0.1) is 13.2 Å². The Kier molecular flexibility index (Phi) is 4.95. The van der Waals surface area contributed by atoms with Crippen LogP contribution in [0.5, 0.6) is 5.75 Å². The third kappa shape index (κ3) is 3.83. The zero-order valence-electron chi connectivity index (χ0n) is 12.2. The molecule has 2 aromatic carbocycles. The fourth-order valence-electron chi connectivity index (χ4n) is 2.13. The van der Waals surface area contributed by atoms with E-state index in [-0.39, 0.29) is 12.5 Å². The summed E-state index contributed by atoms with van der Waals surface area (Å²) >= 11 is 0. The average molecular weight is 285 g/mol. The smallest absolute Gasteiger partial charge is 0.251 e. The number of aliphatic hydroxyl groups is 1. The van der Waals surface area contributed by atoms with Gasteiger partial charge in [-0.25, -0.2) is 0 Å². The monoisotopic (exact) mass is 285 g/mol. The third-order valence-corrected chi connectivity index (χ3v) is 3.23. The zero-order chi connectivity index (χ0) is 15.2. The Morgan fingerprint density at radius 2 is 2.00 bits per heavy atom. The minimum atomic E-state index is -0.810. The van der Waals surface area contributed by atoms with Gasteiger partial charge in [0.15, 0.2) is 0 Å². The molecule has 0 heterocycles. The quantitative estimate of drug-likeness (QED) is 0.887. The molecule has 110 valence electrons. The number of carbonyl (C=O) groups is 1. The summed E-state index contributed by atoms with van der Waals surface area (Å²) < 4.78 is 5.20. The number of aryl methyl sites for hydroxylation is 1. The Hall–Kier alpha value is -2.33. The van der Waals surface area contributed by atoms with E-state index in [1.54, 1.807) is 25.3 Å². The summed E-state index contributed by atoms with van der Waals surface area (Å²) in [4.78, 5) is 12.0. The molecule has 0 aliphatic carbocycles. The standard InChI is InChI=1S/C17H19NO3/c1-12-6-5-7-13(10-12)17(20)18-11-15(19)14-8-3-4-9-16(14)21-2/h3-10,15,19H,11H2,1-2H3,(H,18,20). The van der Waals surface area contributed by atoms with Crippen molar-refractivity contribution in [3.8, 4) is 5.75 Å². The summed E-state index contributed by atoms with van der Waals surface area (Å²) in [5, 5.41) is 12.9. The van der Waals surface area contributed by atoms with Crippen LogP contribution in [0.3, 0.4) is 0 Å². The van der Waals surface area contributed by atoms with Crippen LogP contribution in [0.2, 0.25) is 0 Å². The van der Waals surface area contributed by atoms with E-state index in [2.05, 4.69) is 5.32 Å². The summed E-state index contributed by atoms with van der Waals surface area (Å²) in [6.45, 7) is 2.06. The molecule has 0 aliphatic rings. The van der Waals surface area contributed by atoms with Crippen molar-refractivity contribution in [3.05, 3.63) is 65.2 Å². The van der Waals surface area contributed by atoms with E-state index in [1.165, 1.54) is 0 Å². The topological polar surface area (TPSA) is 58.6 Å². The number of carbonyl (C=O) groups excluding carboxylic acids is 1. The number of rotatable bonds is 5. The maximum Gasteiger partial charge on any atom is 0.251 e. The normalized spacial score (nSPS) is 11.8. The molecule has 0 radical (unpaired) electrons. The SMILES string of the molecule is COc1ccccc1C(O)CNC(=O)c1cccc(C)c1. The predicted molar refractivity (Wildman–Crippen MR) is 81.5 cm³/mol. The second kappa shape index (κ2) is 6.90. The van der Waals surface area contributed by atoms with Crippen molar-refractivity contribution in [3.63, 3.8) is 0 Å². The number of para-hydroxylation sites is 1. The Morgan fingerprint density at radius 3 is 2.71 bits per heavy atom. The first-order valence-corrected chi connectivity index (χ1v) is 6.77. The first-order chi connectivity index (χ1) is 10.1. The largest absolute Gasteiger partial charge is 0.496 e. The van der Waals surface area contributed by atoms with Crippen molar-refractivity contribution in [2.75, 3.05) is 13.7 Å². The van der Waals surface area contributed by atoms with Crippen LogP contribution in [-0.2, 0) is 0 Å². The van der Waals surface area contributed by atoms with Gasteiger partial charge in [-0.3, -0.25) is 4.79 Å². The van der Waals surface area contributed by atoms with E-state index in [4.69, 9.17) is 4.74 Å². The van der Waals surface area contributed by atoms with Crippen LogP contribution in [0.25, 0.3) is 0 Å². The van der Waals surface area contributed by atoms with Crippen molar-refractivity contribution in [2.24, 2.45) is 0 Å². The maximum absolute atomic E-state index is 12.0. The molecule has 21 heavy (non-hydrogen) atoms. The molecule has 4 nitrogen and oxygen atoms in total. The number of hydrogen-bond donors (Lipinski definition) is 2. The molecule has 0 aromatic heterocycles. The number of amides is 1. The van der Waals surface area contributed by atoms with E-state index in [0.717, 1.165) is 5.56 Å². The van der Waals surface area contributed by atoms with Crippen LogP contribution < -0.4 is 10.1 Å². The highest BCUT2D eigenvalue weighted by Gasteiger charge is 2.14. The highest BCUT2D eigenvalue weighted by molar-refractivity contribution is 5.94. The van der Waals surface area contributed by atoms with Gasteiger partial charge in [0.1, 0.15) is 5.75 Å². The number of methoxy groups -OCH3 is 1. The second-order valence-electron chi connectivity index (χ2n) is 4.84. The Balaban J connectivity index is 2.01. The van der Waals surface area contributed by atoms with Crippen LogP contribution in [0.4, 0.5) is 0 Å². The van der Waals surface area contributed by atoms with E-state index in [1.807, 2.05) is 37.3 Å². The lowest BCUT2D eigenvalue weighted by atomic mass is 10.1. The molecular formula is C17H19NO3. The van der Waals surface area contributed by atoms with Gasteiger partial charge in [-0.15, -0.1) is 0 Å². The Bertz CT molecular complexity index is 625. The van der Waals surface area contributed by atoms with Crippen molar-refractivity contribution in [1.29, 1.82) is 0 Å². The van der Waals surface area contributed by atoms with Crippen molar-refractivity contribution >= 4 is 5.91 Å². The number of benzene rings is 2. The molecule has 0 fully saturated rings. The number of ether oxygens (including phenoxy) is 1. The lowest BCUT2D eigenvalue weighted by Crippen LogP contribution is -2.28. The summed E-state index contributed by atoms with van der Waals surface area (Å²) in [7, 11) is 1.55. The van der Waals surface area contributed by atoms with Crippen molar-refractivity contribution < 1.29 is 14.6 Å². The van der Waals surface area contributed by atoms with Crippen LogP contribution >= 0.6 is 0 Å². The van der Waals surface area contributed by atoms with Crippen LogP contribution in [0.15, 0.2) is 48.5 Å². The Labute approximate surface area is 124 Å². The third-order valence-electron chi connectivity index (χ3n) is 3.23. The van der Waals surface area contributed by atoms with E-state index in [9.17, 15) is 9.90 Å². The predicted octanol–water partition coefficient (Wildman–Crippen LogP) is 2.47. The van der Waals surface area contributed by atoms with Gasteiger partial charge in [0, 0.05) is 17.7 Å². The minimum Gasteiger partial charge on any atom is -0.496 e. The fraction of sp³-hybridized carbons (Fsp3) is 0.235. The van der Waals surface area contributed by atoms with Crippen molar-refractivity contribution in [2.45, 2.75) is 13.0 Å². The highest BCUT2D eigenvalue weighted by atomic mass is 16.5. The molecule has 2 rings (SSSR count). The minimum absolute atomic E-state index is 0.132. The molecule has 4 heteroatoms. The molecule has 1 amide bonds. The van der Waals surface area contributed by atoms with E-state index in [0.29, 0.717) is 16.9 Å². The molecule has 0 spiro atoms. The molecule has 0 aliphatic heterocycles. The molecule has 0 saturated carbocycles. The number of hydrogen-bond acceptors (Lipinski definition) is 3. The lowest BCUT2D eigenvalue weighted by Gasteiger charge is -2.15. The average Bonchev–Trinajstić information content (AvgIpc) is 2.52.